The standard InChI is InChI=1S/C19H14F2N2O2/c20-11-13-8-16(23-19(24)14-3-5-15(21)6-4-14)10-18(9-13)25-17-2-1-7-22-12-17/h1-10,12H,11H2,(H,23,24). The molecule has 1 heterocycles. The number of aromatic nitrogens is 1. The van der Waals surface area contributed by atoms with E-state index in [2.05, 4.69) is 10.3 Å². The number of alkyl halides is 1. The smallest absolute Gasteiger partial charge is 0.255 e. The minimum Gasteiger partial charge on any atom is -0.456 e. The fraction of sp³-hybridized carbons (Fsp3) is 0.0526. The summed E-state index contributed by atoms with van der Waals surface area (Å²) in [6.45, 7) is -0.705. The molecule has 0 aliphatic rings. The summed E-state index contributed by atoms with van der Waals surface area (Å²) in [7, 11) is 0. The first-order valence-corrected chi connectivity index (χ1v) is 7.49. The van der Waals surface area contributed by atoms with Crippen LogP contribution in [0.3, 0.4) is 0 Å². The molecule has 0 unspecified atom stereocenters. The van der Waals surface area contributed by atoms with Crippen LogP contribution in [0.4, 0.5) is 14.5 Å². The highest BCUT2D eigenvalue weighted by Crippen LogP contribution is 2.26. The Morgan fingerprint density at radius 2 is 1.88 bits per heavy atom. The Kier molecular flexibility index (Phi) is 4.99. The van der Waals surface area contributed by atoms with E-state index in [0.717, 1.165) is 0 Å². The van der Waals surface area contributed by atoms with E-state index in [4.69, 9.17) is 4.74 Å². The molecule has 1 N–H and O–H groups in total. The first-order valence-electron chi connectivity index (χ1n) is 7.49. The number of halogens is 2. The van der Waals surface area contributed by atoms with Gasteiger partial charge in [-0.25, -0.2) is 8.78 Å². The van der Waals surface area contributed by atoms with Gasteiger partial charge in [0.15, 0.2) is 0 Å². The van der Waals surface area contributed by atoms with Crippen LogP contribution in [-0.2, 0) is 6.67 Å². The number of pyridine rings is 1. The Labute approximate surface area is 143 Å². The summed E-state index contributed by atoms with van der Waals surface area (Å²) in [5, 5.41) is 2.65. The van der Waals surface area contributed by atoms with Gasteiger partial charge in [0.05, 0.1) is 6.20 Å². The van der Waals surface area contributed by atoms with Crippen LogP contribution >= 0.6 is 0 Å². The zero-order valence-electron chi connectivity index (χ0n) is 13.1. The van der Waals surface area contributed by atoms with E-state index in [9.17, 15) is 13.6 Å². The Bertz CT molecular complexity index is 868. The van der Waals surface area contributed by atoms with Gasteiger partial charge in [-0.1, -0.05) is 0 Å². The second-order valence-corrected chi connectivity index (χ2v) is 5.25. The van der Waals surface area contributed by atoms with Gasteiger partial charge in [-0.2, -0.15) is 0 Å². The van der Waals surface area contributed by atoms with Gasteiger partial charge in [-0.3, -0.25) is 9.78 Å². The maximum atomic E-state index is 13.1. The fourth-order valence-electron chi connectivity index (χ4n) is 2.22. The van der Waals surface area contributed by atoms with Gasteiger partial charge in [0, 0.05) is 23.5 Å². The molecule has 25 heavy (non-hydrogen) atoms. The first-order chi connectivity index (χ1) is 12.1. The van der Waals surface area contributed by atoms with Crippen molar-refractivity contribution in [2.75, 3.05) is 5.32 Å². The predicted molar refractivity (Wildman–Crippen MR) is 89.9 cm³/mol. The molecule has 0 spiro atoms. The number of benzene rings is 2. The van der Waals surface area contributed by atoms with E-state index in [0.29, 0.717) is 28.3 Å². The molecule has 0 radical (unpaired) electrons. The SMILES string of the molecule is O=C(Nc1cc(CF)cc(Oc2cccnc2)c1)c1ccc(F)cc1. The van der Waals surface area contributed by atoms with Crippen molar-refractivity contribution in [1.82, 2.24) is 4.98 Å². The number of amides is 1. The van der Waals surface area contributed by atoms with Crippen LogP contribution in [0.2, 0.25) is 0 Å². The lowest BCUT2D eigenvalue weighted by Gasteiger charge is -2.11. The molecule has 4 nitrogen and oxygen atoms in total. The second kappa shape index (κ2) is 7.53. The highest BCUT2D eigenvalue weighted by molar-refractivity contribution is 6.04. The summed E-state index contributed by atoms with van der Waals surface area (Å²) in [4.78, 5) is 16.2. The third-order valence-corrected chi connectivity index (χ3v) is 3.35. The molecule has 3 rings (SSSR count). The minimum atomic E-state index is -0.705. The maximum Gasteiger partial charge on any atom is 0.255 e. The molecule has 3 aromatic rings. The van der Waals surface area contributed by atoms with Gasteiger partial charge in [-0.15, -0.1) is 0 Å². The summed E-state index contributed by atoms with van der Waals surface area (Å²) < 4.78 is 31.7. The van der Waals surface area contributed by atoms with E-state index >= 15 is 0 Å². The highest BCUT2D eigenvalue weighted by atomic mass is 19.1. The lowest BCUT2D eigenvalue weighted by Crippen LogP contribution is -2.12. The lowest BCUT2D eigenvalue weighted by atomic mass is 10.1. The van der Waals surface area contributed by atoms with Crippen molar-refractivity contribution >= 4 is 11.6 Å². The highest BCUT2D eigenvalue weighted by Gasteiger charge is 2.09. The second-order valence-electron chi connectivity index (χ2n) is 5.25. The number of ether oxygens (including phenoxy) is 1. The van der Waals surface area contributed by atoms with Crippen molar-refractivity contribution in [3.8, 4) is 11.5 Å². The average Bonchev–Trinajstić information content (AvgIpc) is 2.63. The molecule has 0 saturated carbocycles. The van der Waals surface area contributed by atoms with Crippen molar-refractivity contribution in [3.63, 3.8) is 0 Å². The quantitative estimate of drug-likeness (QED) is 0.730. The predicted octanol–water partition coefficient (Wildman–Crippen LogP) is 4.73. The van der Waals surface area contributed by atoms with Gasteiger partial charge in [0.2, 0.25) is 0 Å². The number of nitrogens with zero attached hydrogens (tertiary/aromatic N) is 1. The Hall–Kier alpha value is -3.28. The molecule has 1 aromatic heterocycles. The van der Waals surface area contributed by atoms with Gasteiger partial charge in [0.1, 0.15) is 24.0 Å². The number of hydrogen-bond donors (Lipinski definition) is 1. The molecule has 0 aliphatic heterocycles. The number of carbonyl (C=O) groups is 1. The van der Waals surface area contributed by atoms with Crippen LogP contribution in [-0.4, -0.2) is 10.9 Å². The van der Waals surface area contributed by atoms with Crippen LogP contribution in [0.1, 0.15) is 15.9 Å². The maximum absolute atomic E-state index is 13.1. The molecule has 0 atom stereocenters. The van der Waals surface area contributed by atoms with Crippen molar-refractivity contribution in [3.05, 3.63) is 83.9 Å². The molecular weight excluding hydrogens is 326 g/mol. The van der Waals surface area contributed by atoms with Crippen molar-refractivity contribution < 1.29 is 18.3 Å². The van der Waals surface area contributed by atoms with Crippen LogP contribution in [0, 0.1) is 5.82 Å². The third-order valence-electron chi connectivity index (χ3n) is 3.35. The minimum absolute atomic E-state index is 0.293. The van der Waals surface area contributed by atoms with Crippen LogP contribution < -0.4 is 10.1 Å². The summed E-state index contributed by atoms with van der Waals surface area (Å²) >= 11 is 0. The van der Waals surface area contributed by atoms with Crippen LogP contribution in [0.15, 0.2) is 67.0 Å². The monoisotopic (exact) mass is 340 g/mol. The summed E-state index contributed by atoms with van der Waals surface area (Å²) in [6, 6.07) is 13.2. The number of hydrogen-bond acceptors (Lipinski definition) is 3. The number of carbonyl (C=O) groups excluding carboxylic acids is 1. The van der Waals surface area contributed by atoms with Crippen LogP contribution in [0.25, 0.3) is 0 Å². The Morgan fingerprint density at radius 3 is 2.56 bits per heavy atom. The van der Waals surface area contributed by atoms with Crippen molar-refractivity contribution in [2.45, 2.75) is 6.67 Å². The number of nitrogens with one attached hydrogen (secondary N) is 1. The van der Waals surface area contributed by atoms with E-state index in [1.54, 1.807) is 30.5 Å². The van der Waals surface area contributed by atoms with Gasteiger partial charge in [-0.05, 0) is 54.1 Å². The normalized spacial score (nSPS) is 10.3. The topological polar surface area (TPSA) is 51.2 Å². The van der Waals surface area contributed by atoms with Gasteiger partial charge < -0.3 is 10.1 Å². The van der Waals surface area contributed by atoms with Gasteiger partial charge >= 0.3 is 0 Å². The molecule has 6 heteroatoms. The first kappa shape index (κ1) is 16.6. The summed E-state index contributed by atoms with van der Waals surface area (Å²) in [5.74, 6) is 0.0124. The fourth-order valence-corrected chi connectivity index (χ4v) is 2.22. The lowest BCUT2D eigenvalue weighted by molar-refractivity contribution is 0.102. The van der Waals surface area contributed by atoms with E-state index < -0.39 is 18.4 Å². The van der Waals surface area contributed by atoms with Crippen molar-refractivity contribution in [2.24, 2.45) is 0 Å². The molecule has 0 bridgehead atoms. The zero-order valence-corrected chi connectivity index (χ0v) is 13.1. The number of rotatable bonds is 5. The molecular formula is C19H14F2N2O2. The Balaban J connectivity index is 1.82. The van der Waals surface area contributed by atoms with E-state index in [-0.39, 0.29) is 0 Å². The third kappa shape index (κ3) is 4.38. The molecule has 2 aromatic carbocycles. The van der Waals surface area contributed by atoms with E-state index in [1.807, 2.05) is 0 Å². The molecule has 0 aliphatic carbocycles. The number of anilines is 1. The summed E-state index contributed by atoms with van der Waals surface area (Å²) in [5.41, 5.74) is 1.03. The largest absolute Gasteiger partial charge is 0.456 e. The molecule has 0 saturated heterocycles. The molecule has 0 fully saturated rings. The van der Waals surface area contributed by atoms with Gasteiger partial charge in [0.25, 0.3) is 5.91 Å². The Morgan fingerprint density at radius 1 is 1.08 bits per heavy atom. The average molecular weight is 340 g/mol. The summed E-state index contributed by atoms with van der Waals surface area (Å²) in [6.07, 6.45) is 3.14. The van der Waals surface area contributed by atoms with E-state index in [1.165, 1.54) is 36.5 Å². The van der Waals surface area contributed by atoms with Crippen LogP contribution in [0.5, 0.6) is 11.5 Å². The van der Waals surface area contributed by atoms with Crippen molar-refractivity contribution in [1.29, 1.82) is 0 Å². The zero-order chi connectivity index (χ0) is 17.6. The molecule has 1 amide bonds. The molecule has 126 valence electrons.